The van der Waals surface area contributed by atoms with Crippen molar-refractivity contribution >= 4 is 43.3 Å². The summed E-state index contributed by atoms with van der Waals surface area (Å²) in [5, 5.41) is 10.6. The number of benzene rings is 1. The van der Waals surface area contributed by atoms with Crippen LogP contribution in [0.1, 0.15) is 15.2 Å². The number of nitrogens with one attached hydrogen (secondary N) is 1. The second-order valence-electron chi connectivity index (χ2n) is 4.01. The first kappa shape index (κ1) is 16.1. The van der Waals surface area contributed by atoms with Gasteiger partial charge in [0.05, 0.1) is 5.56 Å². The smallest absolute Gasteiger partial charge is 0.335 e. The molecule has 0 radical (unpaired) electrons. The summed E-state index contributed by atoms with van der Waals surface area (Å²) < 4.78 is 40.8. The fourth-order valence-corrected chi connectivity index (χ4v) is 4.12. The third-order valence-corrected chi connectivity index (χ3v) is 5.64. The molecule has 0 spiro atoms. The molecule has 1 heterocycles. The maximum Gasteiger partial charge on any atom is 0.335 e. The predicted molar refractivity (Wildman–Crippen MR) is 79.4 cm³/mol. The topological polar surface area (TPSA) is 83.5 Å². The zero-order valence-electron chi connectivity index (χ0n) is 10.3. The van der Waals surface area contributed by atoms with Crippen molar-refractivity contribution in [3.63, 3.8) is 0 Å². The van der Waals surface area contributed by atoms with Crippen molar-refractivity contribution in [2.24, 2.45) is 0 Å². The van der Waals surface area contributed by atoms with E-state index in [1.165, 1.54) is 11.3 Å². The van der Waals surface area contributed by atoms with Gasteiger partial charge in [-0.3, -0.25) is 0 Å². The molecule has 0 bridgehead atoms. The van der Waals surface area contributed by atoms with Gasteiger partial charge in [-0.05, 0) is 40.2 Å². The summed E-state index contributed by atoms with van der Waals surface area (Å²) in [6.45, 7) is -0.00462. The number of carbonyl (C=O) groups is 1. The zero-order chi connectivity index (χ0) is 15.6. The lowest BCUT2D eigenvalue weighted by molar-refractivity contribution is 0.0696. The minimum atomic E-state index is -4.13. The number of carboxylic acid groups (broad SMARTS) is 1. The van der Waals surface area contributed by atoms with E-state index >= 15 is 0 Å². The highest BCUT2D eigenvalue weighted by molar-refractivity contribution is 9.10. The number of aromatic carboxylic acids is 1. The molecule has 2 rings (SSSR count). The Hall–Kier alpha value is -1.29. The summed E-state index contributed by atoms with van der Waals surface area (Å²) in [7, 11) is -4.13. The first-order chi connectivity index (χ1) is 9.79. The summed E-state index contributed by atoms with van der Waals surface area (Å²) in [5.41, 5.74) is -0.296. The molecule has 1 aromatic heterocycles. The number of carboxylic acids is 1. The Labute approximate surface area is 132 Å². The van der Waals surface area contributed by atoms with Gasteiger partial charge in [-0.25, -0.2) is 22.3 Å². The lowest BCUT2D eigenvalue weighted by Gasteiger charge is -2.07. The van der Waals surface area contributed by atoms with Crippen LogP contribution in [0.2, 0.25) is 0 Å². The van der Waals surface area contributed by atoms with Gasteiger partial charge in [0, 0.05) is 21.3 Å². The molecule has 5 nitrogen and oxygen atoms in total. The summed E-state index contributed by atoms with van der Waals surface area (Å²) in [6.07, 6.45) is 0. The minimum absolute atomic E-state index is 0.00462. The molecule has 112 valence electrons. The van der Waals surface area contributed by atoms with E-state index in [9.17, 15) is 17.6 Å². The predicted octanol–water partition coefficient (Wildman–Crippen LogP) is 2.83. The summed E-state index contributed by atoms with van der Waals surface area (Å²) in [4.78, 5) is 10.9. The molecule has 2 N–H and O–H groups in total. The van der Waals surface area contributed by atoms with Crippen molar-refractivity contribution in [1.82, 2.24) is 4.72 Å². The molecule has 0 aliphatic carbocycles. The molecular weight excluding hydrogens is 385 g/mol. The van der Waals surface area contributed by atoms with Gasteiger partial charge < -0.3 is 5.11 Å². The number of halogens is 2. The highest BCUT2D eigenvalue weighted by Crippen LogP contribution is 2.21. The minimum Gasteiger partial charge on any atom is -0.478 e. The van der Waals surface area contributed by atoms with Crippen molar-refractivity contribution in [3.05, 3.63) is 50.4 Å². The zero-order valence-corrected chi connectivity index (χ0v) is 13.6. The Kier molecular flexibility index (Phi) is 4.77. The van der Waals surface area contributed by atoms with Gasteiger partial charge in [-0.2, -0.15) is 0 Å². The van der Waals surface area contributed by atoms with Crippen molar-refractivity contribution in [1.29, 1.82) is 0 Å². The molecule has 1 aromatic carbocycles. The van der Waals surface area contributed by atoms with E-state index in [0.717, 1.165) is 27.5 Å². The average molecular weight is 394 g/mol. The van der Waals surface area contributed by atoms with E-state index in [-0.39, 0.29) is 12.1 Å². The SMILES string of the molecule is O=C(O)c1ccc(F)c(S(=O)(=O)NCc2cc(Br)cs2)c1. The first-order valence-corrected chi connectivity index (χ1v) is 8.70. The molecule has 0 saturated heterocycles. The van der Waals surface area contributed by atoms with Crippen LogP contribution in [-0.2, 0) is 16.6 Å². The number of thiophene rings is 1. The van der Waals surface area contributed by atoms with Crippen LogP contribution in [0.15, 0.2) is 39.0 Å². The van der Waals surface area contributed by atoms with Crippen LogP contribution in [0.3, 0.4) is 0 Å². The van der Waals surface area contributed by atoms with Crippen LogP contribution in [0.4, 0.5) is 4.39 Å². The highest BCUT2D eigenvalue weighted by atomic mass is 79.9. The summed E-state index contributed by atoms with van der Waals surface area (Å²) >= 11 is 4.58. The molecule has 2 aromatic rings. The van der Waals surface area contributed by atoms with Crippen LogP contribution in [0, 0.1) is 5.82 Å². The Bertz CT molecular complexity index is 788. The quantitative estimate of drug-likeness (QED) is 0.817. The van der Waals surface area contributed by atoms with Gasteiger partial charge in [-0.15, -0.1) is 11.3 Å². The Balaban J connectivity index is 2.26. The molecule has 0 atom stereocenters. The van der Waals surface area contributed by atoms with E-state index in [0.29, 0.717) is 0 Å². The van der Waals surface area contributed by atoms with E-state index < -0.39 is 26.7 Å². The Morgan fingerprint density at radius 1 is 1.38 bits per heavy atom. The highest BCUT2D eigenvalue weighted by Gasteiger charge is 2.21. The number of sulfonamides is 1. The van der Waals surface area contributed by atoms with Crippen LogP contribution in [0.5, 0.6) is 0 Å². The van der Waals surface area contributed by atoms with Gasteiger partial charge in [-0.1, -0.05) is 0 Å². The fraction of sp³-hybridized carbons (Fsp3) is 0.0833. The fourth-order valence-electron chi connectivity index (χ4n) is 1.53. The van der Waals surface area contributed by atoms with E-state index in [1.54, 1.807) is 11.4 Å². The van der Waals surface area contributed by atoms with Crippen LogP contribution in [0.25, 0.3) is 0 Å². The molecule has 0 aliphatic heterocycles. The summed E-state index contributed by atoms with van der Waals surface area (Å²) in [6, 6.07) is 4.36. The molecule has 0 amide bonds. The Morgan fingerprint density at radius 2 is 2.10 bits per heavy atom. The Morgan fingerprint density at radius 3 is 2.67 bits per heavy atom. The third-order valence-electron chi connectivity index (χ3n) is 2.53. The van der Waals surface area contributed by atoms with Crippen LogP contribution < -0.4 is 4.72 Å². The second kappa shape index (κ2) is 6.22. The number of rotatable bonds is 5. The van der Waals surface area contributed by atoms with Gasteiger partial charge >= 0.3 is 5.97 Å². The van der Waals surface area contributed by atoms with Crippen LogP contribution in [-0.4, -0.2) is 19.5 Å². The number of hydrogen-bond acceptors (Lipinski definition) is 4. The van der Waals surface area contributed by atoms with E-state index in [1.807, 2.05) is 0 Å². The lowest BCUT2D eigenvalue weighted by atomic mass is 10.2. The normalized spacial score (nSPS) is 11.5. The van der Waals surface area contributed by atoms with Crippen molar-refractivity contribution in [2.45, 2.75) is 11.4 Å². The monoisotopic (exact) mass is 393 g/mol. The maximum absolute atomic E-state index is 13.6. The average Bonchev–Trinajstić information content (AvgIpc) is 2.82. The molecule has 9 heteroatoms. The van der Waals surface area contributed by atoms with E-state index in [4.69, 9.17) is 5.11 Å². The van der Waals surface area contributed by atoms with Gasteiger partial charge in [0.15, 0.2) is 0 Å². The van der Waals surface area contributed by atoms with Gasteiger partial charge in [0.25, 0.3) is 0 Å². The maximum atomic E-state index is 13.6. The van der Waals surface area contributed by atoms with E-state index in [2.05, 4.69) is 20.7 Å². The number of hydrogen-bond donors (Lipinski definition) is 2. The van der Waals surface area contributed by atoms with Crippen molar-refractivity contribution in [2.75, 3.05) is 0 Å². The summed E-state index contributed by atoms with van der Waals surface area (Å²) in [5.74, 6) is -2.33. The third kappa shape index (κ3) is 3.88. The molecule has 0 fully saturated rings. The lowest BCUT2D eigenvalue weighted by Crippen LogP contribution is -2.24. The molecule has 0 aliphatic rings. The van der Waals surface area contributed by atoms with Gasteiger partial charge in [0.1, 0.15) is 10.7 Å². The molecule has 21 heavy (non-hydrogen) atoms. The second-order valence-corrected chi connectivity index (χ2v) is 7.65. The molecule has 0 unspecified atom stereocenters. The van der Waals surface area contributed by atoms with Crippen molar-refractivity contribution in [3.8, 4) is 0 Å². The van der Waals surface area contributed by atoms with Gasteiger partial charge in [0.2, 0.25) is 10.0 Å². The molecular formula is C12H9BrFNO4S2. The largest absolute Gasteiger partial charge is 0.478 e. The first-order valence-electron chi connectivity index (χ1n) is 5.55. The standard InChI is InChI=1S/C12H9BrFNO4S2/c13-8-4-9(20-6-8)5-15-21(18,19)11-3-7(12(16)17)1-2-10(11)14/h1-4,6,15H,5H2,(H,16,17). The van der Waals surface area contributed by atoms with Crippen molar-refractivity contribution < 1.29 is 22.7 Å². The van der Waals surface area contributed by atoms with Crippen LogP contribution >= 0.6 is 27.3 Å². The molecule has 0 saturated carbocycles.